The van der Waals surface area contributed by atoms with Crippen molar-refractivity contribution in [1.29, 1.82) is 0 Å². The summed E-state index contributed by atoms with van der Waals surface area (Å²) >= 11 is 5.82. The van der Waals surface area contributed by atoms with Crippen LogP contribution in [0.3, 0.4) is 0 Å². The molecule has 6 nitrogen and oxygen atoms in total. The van der Waals surface area contributed by atoms with Crippen molar-refractivity contribution in [3.63, 3.8) is 0 Å². The summed E-state index contributed by atoms with van der Waals surface area (Å²) in [5, 5.41) is 1.43. The Bertz CT molecular complexity index is 1540. The van der Waals surface area contributed by atoms with E-state index in [1.54, 1.807) is 6.08 Å². The molecule has 0 atom stereocenters. The first-order chi connectivity index (χ1) is 15.9. The van der Waals surface area contributed by atoms with Gasteiger partial charge in [0.15, 0.2) is 5.76 Å². The molecule has 0 spiro atoms. The fourth-order valence-corrected chi connectivity index (χ4v) is 4.84. The van der Waals surface area contributed by atoms with Crippen molar-refractivity contribution in [3.8, 4) is 11.5 Å². The summed E-state index contributed by atoms with van der Waals surface area (Å²) in [4.78, 5) is 12.9. The Kier molecular flexibility index (Phi) is 5.23. The van der Waals surface area contributed by atoms with Crippen molar-refractivity contribution >= 4 is 44.5 Å². The molecule has 4 aromatic rings. The van der Waals surface area contributed by atoms with Crippen LogP contribution in [0.15, 0.2) is 83.6 Å². The number of benzene rings is 3. The lowest BCUT2D eigenvalue weighted by molar-refractivity contribution is 0.101. The summed E-state index contributed by atoms with van der Waals surface area (Å²) in [6.07, 6.45) is 3.69. The topological polar surface area (TPSA) is 74.6 Å². The van der Waals surface area contributed by atoms with Crippen LogP contribution in [0.4, 0.5) is 0 Å². The van der Waals surface area contributed by atoms with Crippen molar-refractivity contribution < 1.29 is 22.1 Å². The molecule has 0 saturated heterocycles. The molecule has 1 aliphatic rings. The van der Waals surface area contributed by atoms with Gasteiger partial charge in [0, 0.05) is 40.3 Å². The van der Waals surface area contributed by atoms with E-state index in [9.17, 15) is 13.2 Å². The zero-order valence-electron chi connectivity index (χ0n) is 17.5. The number of hydrogen-bond acceptors (Lipinski definition) is 5. The molecule has 1 aromatic heterocycles. The monoisotopic (exact) mass is 479 g/mol. The minimum Gasteiger partial charge on any atom is -0.452 e. The normalized spacial score (nSPS) is 14.5. The van der Waals surface area contributed by atoms with Crippen molar-refractivity contribution in [2.45, 2.75) is 18.4 Å². The summed E-state index contributed by atoms with van der Waals surface area (Å²) in [6.45, 7) is 2.84. The quantitative estimate of drug-likeness (QED) is 0.271. The molecule has 0 fully saturated rings. The van der Waals surface area contributed by atoms with E-state index in [1.807, 2.05) is 30.5 Å². The zero-order chi connectivity index (χ0) is 23.2. The van der Waals surface area contributed by atoms with Crippen LogP contribution in [0.25, 0.3) is 17.0 Å². The van der Waals surface area contributed by atoms with E-state index < -0.39 is 10.1 Å². The molecule has 2 heterocycles. The molecule has 0 N–H and O–H groups in total. The van der Waals surface area contributed by atoms with Crippen molar-refractivity contribution in [1.82, 2.24) is 4.57 Å². The van der Waals surface area contributed by atoms with E-state index in [2.05, 4.69) is 11.5 Å². The Balaban J connectivity index is 1.45. The van der Waals surface area contributed by atoms with Gasteiger partial charge in [-0.25, -0.2) is 0 Å². The lowest BCUT2D eigenvalue weighted by Crippen LogP contribution is -2.09. The van der Waals surface area contributed by atoms with E-state index in [-0.39, 0.29) is 27.9 Å². The number of para-hydroxylation sites is 1. The maximum Gasteiger partial charge on any atom is 0.339 e. The molecule has 0 amide bonds. The van der Waals surface area contributed by atoms with Gasteiger partial charge in [0.05, 0.1) is 5.56 Å². The van der Waals surface area contributed by atoms with Crippen LogP contribution >= 0.6 is 11.6 Å². The number of aryl methyl sites for hydroxylation is 1. The number of halogens is 1. The van der Waals surface area contributed by atoms with Crippen LogP contribution in [0.5, 0.6) is 11.5 Å². The van der Waals surface area contributed by atoms with E-state index in [0.717, 1.165) is 23.0 Å². The highest BCUT2D eigenvalue weighted by Gasteiger charge is 2.29. The van der Waals surface area contributed by atoms with Gasteiger partial charge in [0.1, 0.15) is 16.4 Å². The van der Waals surface area contributed by atoms with Gasteiger partial charge in [-0.05, 0) is 55.5 Å². The molecular formula is C25H18ClNO5S. The number of ether oxygens (including phenoxy) is 1. The molecule has 0 radical (unpaired) electrons. The number of Topliss-reactive ketones (excluding diaryl/α,β-unsaturated/α-hetero) is 1. The van der Waals surface area contributed by atoms with Crippen LogP contribution in [-0.4, -0.2) is 18.8 Å². The Labute approximate surface area is 195 Å². The maximum atomic E-state index is 12.9. The summed E-state index contributed by atoms with van der Waals surface area (Å²) < 4.78 is 38.2. The van der Waals surface area contributed by atoms with E-state index >= 15 is 0 Å². The van der Waals surface area contributed by atoms with Gasteiger partial charge < -0.3 is 13.5 Å². The van der Waals surface area contributed by atoms with Crippen LogP contribution in [0, 0.1) is 0 Å². The zero-order valence-corrected chi connectivity index (χ0v) is 19.1. The first kappa shape index (κ1) is 21.3. The molecule has 0 unspecified atom stereocenters. The minimum absolute atomic E-state index is 0.0303. The van der Waals surface area contributed by atoms with Crippen molar-refractivity contribution in [2.24, 2.45) is 0 Å². The fraction of sp³-hybridized carbons (Fsp3) is 0.0800. The molecule has 8 heteroatoms. The van der Waals surface area contributed by atoms with E-state index in [4.69, 9.17) is 20.5 Å². The second-order valence-electron chi connectivity index (χ2n) is 7.48. The van der Waals surface area contributed by atoms with Crippen LogP contribution in [0.1, 0.15) is 22.8 Å². The van der Waals surface area contributed by atoms with Gasteiger partial charge in [-0.3, -0.25) is 4.79 Å². The summed E-state index contributed by atoms with van der Waals surface area (Å²) in [6, 6.07) is 17.9. The molecule has 33 heavy (non-hydrogen) atoms. The van der Waals surface area contributed by atoms with Crippen LogP contribution in [0.2, 0.25) is 5.02 Å². The predicted molar refractivity (Wildman–Crippen MR) is 126 cm³/mol. The molecule has 0 saturated carbocycles. The molecule has 1 aliphatic heterocycles. The van der Waals surface area contributed by atoms with Crippen LogP contribution < -0.4 is 8.92 Å². The highest BCUT2D eigenvalue weighted by atomic mass is 35.5. The summed E-state index contributed by atoms with van der Waals surface area (Å²) in [5.74, 6) is 0.182. The average Bonchev–Trinajstić information content (AvgIpc) is 3.31. The molecule has 0 aliphatic carbocycles. The third-order valence-electron chi connectivity index (χ3n) is 5.40. The SMILES string of the molecule is CCn1cc(C=C2Oc3cc(OS(=O)(=O)c4ccc(Cl)cc4)ccc3C2=O)c2ccccc21. The molecule has 0 bridgehead atoms. The maximum absolute atomic E-state index is 12.9. The van der Waals surface area contributed by atoms with Crippen molar-refractivity contribution in [2.75, 3.05) is 0 Å². The summed E-state index contributed by atoms with van der Waals surface area (Å²) in [5.41, 5.74) is 2.28. The number of aromatic nitrogens is 1. The van der Waals surface area contributed by atoms with Crippen LogP contribution in [-0.2, 0) is 16.7 Å². The minimum atomic E-state index is -4.06. The second kappa shape index (κ2) is 8.10. The number of hydrogen-bond donors (Lipinski definition) is 0. The molecular weight excluding hydrogens is 462 g/mol. The first-order valence-corrected chi connectivity index (χ1v) is 12.0. The third kappa shape index (κ3) is 3.90. The van der Waals surface area contributed by atoms with Gasteiger partial charge in [0.25, 0.3) is 0 Å². The highest BCUT2D eigenvalue weighted by Crippen LogP contribution is 2.36. The fourth-order valence-electron chi connectivity index (χ4n) is 3.79. The predicted octanol–water partition coefficient (Wildman–Crippen LogP) is 5.70. The molecule has 166 valence electrons. The Hall–Kier alpha value is -3.55. The lowest BCUT2D eigenvalue weighted by atomic mass is 10.1. The number of fused-ring (bicyclic) bond motifs is 2. The number of ketones is 1. The van der Waals surface area contributed by atoms with Gasteiger partial charge in [0.2, 0.25) is 5.78 Å². The number of rotatable bonds is 5. The van der Waals surface area contributed by atoms with Gasteiger partial charge in [-0.15, -0.1) is 0 Å². The third-order valence-corrected chi connectivity index (χ3v) is 6.91. The number of allylic oxidation sites excluding steroid dienone is 1. The first-order valence-electron chi connectivity index (χ1n) is 10.2. The van der Waals surface area contributed by atoms with E-state index in [0.29, 0.717) is 10.6 Å². The highest BCUT2D eigenvalue weighted by molar-refractivity contribution is 7.87. The van der Waals surface area contributed by atoms with Gasteiger partial charge in [-0.1, -0.05) is 29.8 Å². The number of carbonyl (C=O) groups is 1. The average molecular weight is 480 g/mol. The van der Waals surface area contributed by atoms with Gasteiger partial charge >= 0.3 is 10.1 Å². The van der Waals surface area contributed by atoms with Gasteiger partial charge in [-0.2, -0.15) is 8.42 Å². The standard InChI is InChI=1S/C25H18ClNO5S/c1-2-27-15-16(20-5-3-4-6-22(20)27)13-24-25(28)21-12-9-18(14-23(21)31-24)32-33(29,30)19-10-7-17(26)8-11-19/h3-15H,2H2,1H3. The number of nitrogens with zero attached hydrogens (tertiary/aromatic N) is 1. The smallest absolute Gasteiger partial charge is 0.339 e. The summed E-state index contributed by atoms with van der Waals surface area (Å²) in [7, 11) is -4.06. The Morgan fingerprint density at radius 1 is 1.06 bits per heavy atom. The second-order valence-corrected chi connectivity index (χ2v) is 9.46. The van der Waals surface area contributed by atoms with Crippen molar-refractivity contribution in [3.05, 3.63) is 94.8 Å². The molecule has 5 rings (SSSR count). The Morgan fingerprint density at radius 3 is 2.58 bits per heavy atom. The Morgan fingerprint density at radius 2 is 1.82 bits per heavy atom. The van der Waals surface area contributed by atoms with E-state index in [1.165, 1.54) is 42.5 Å². The lowest BCUT2D eigenvalue weighted by Gasteiger charge is -2.08. The number of carbonyl (C=O) groups excluding carboxylic acids is 1. The molecule has 3 aromatic carbocycles. The largest absolute Gasteiger partial charge is 0.452 e.